The van der Waals surface area contributed by atoms with Crippen LogP contribution in [0.2, 0.25) is 0 Å². The van der Waals surface area contributed by atoms with E-state index in [4.69, 9.17) is 14.7 Å². The highest BCUT2D eigenvalue weighted by Crippen LogP contribution is 2.64. The smallest absolute Gasteiger partial charge is 0.410 e. The van der Waals surface area contributed by atoms with Crippen molar-refractivity contribution in [3.63, 3.8) is 0 Å². The van der Waals surface area contributed by atoms with Gasteiger partial charge in [-0.05, 0) is 99.7 Å². The molecule has 1 amide bonds. The summed E-state index contributed by atoms with van der Waals surface area (Å²) in [4.78, 5) is 39.6. The Balaban J connectivity index is 1.16. The van der Waals surface area contributed by atoms with Gasteiger partial charge < -0.3 is 14.4 Å². The Bertz CT molecular complexity index is 1220. The van der Waals surface area contributed by atoms with Gasteiger partial charge in [0, 0.05) is 19.2 Å². The summed E-state index contributed by atoms with van der Waals surface area (Å²) in [6.07, 6.45) is 12.4. The lowest BCUT2D eigenvalue weighted by molar-refractivity contribution is -0.147. The first kappa shape index (κ1) is 30.6. The van der Waals surface area contributed by atoms with Crippen LogP contribution in [-0.2, 0) is 25.6 Å². The number of nitriles is 1. The number of hydrogen-bond donors (Lipinski definition) is 0. The summed E-state index contributed by atoms with van der Waals surface area (Å²) in [6.45, 7) is 8.78. The Morgan fingerprint density at radius 3 is 2.57 bits per heavy atom. The molecule has 4 fully saturated rings. The fraction of sp³-hybridized carbons (Fsp3) is 0.788. The summed E-state index contributed by atoms with van der Waals surface area (Å²) in [7, 11) is 1.70. The molecule has 0 bridgehead atoms. The van der Waals surface area contributed by atoms with Crippen LogP contribution in [0.15, 0.2) is 12.4 Å². The average Bonchev–Trinajstić information content (AvgIpc) is 3.55. The second-order valence-electron chi connectivity index (χ2n) is 14.4. The number of aromatic nitrogens is 2. The molecule has 1 aromatic rings. The van der Waals surface area contributed by atoms with Crippen LogP contribution >= 0.6 is 0 Å². The average molecular weight is 581 g/mol. The maximum atomic E-state index is 13.5. The summed E-state index contributed by atoms with van der Waals surface area (Å²) >= 11 is 0. The minimum Gasteiger partial charge on any atom is -0.464 e. The van der Waals surface area contributed by atoms with E-state index < -0.39 is 5.60 Å². The molecule has 0 saturated heterocycles. The van der Waals surface area contributed by atoms with Crippen molar-refractivity contribution in [2.75, 3.05) is 20.2 Å². The summed E-state index contributed by atoms with van der Waals surface area (Å²) in [5, 5.41) is 13.3. The lowest BCUT2D eigenvalue weighted by Crippen LogP contribution is -2.52. The van der Waals surface area contributed by atoms with Crippen molar-refractivity contribution in [2.45, 2.75) is 97.6 Å². The summed E-state index contributed by atoms with van der Waals surface area (Å²) in [5.41, 5.74) is 0.0635. The maximum absolute atomic E-state index is 13.5. The molecule has 1 aromatic heterocycles. The fourth-order valence-corrected chi connectivity index (χ4v) is 9.29. The highest BCUT2D eigenvalue weighted by Gasteiger charge is 2.59. The van der Waals surface area contributed by atoms with E-state index >= 15 is 0 Å². The molecule has 0 spiro atoms. The predicted molar refractivity (Wildman–Crippen MR) is 156 cm³/mol. The van der Waals surface area contributed by atoms with Crippen LogP contribution in [0, 0.1) is 58.2 Å². The van der Waals surface area contributed by atoms with Gasteiger partial charge in [-0.15, -0.1) is 0 Å². The van der Waals surface area contributed by atoms with Gasteiger partial charge in [-0.3, -0.25) is 14.3 Å². The Morgan fingerprint density at radius 1 is 1.10 bits per heavy atom. The number of likely N-dealkylation sites (N-methyl/N-ethyl adjacent to an activating group) is 1. The van der Waals surface area contributed by atoms with E-state index in [0.717, 1.165) is 44.9 Å². The minimum absolute atomic E-state index is 0.0447. The Labute approximate surface area is 250 Å². The van der Waals surface area contributed by atoms with Crippen molar-refractivity contribution in [3.8, 4) is 6.07 Å². The van der Waals surface area contributed by atoms with Crippen molar-refractivity contribution in [3.05, 3.63) is 18.0 Å². The number of carbonyl (C=O) groups is 3. The number of ketones is 1. The SMILES string of the molecule is CC(C)C(=O)OCCN(C)C(=O)O[C@]1(C)CC[C@H]2[C@H](CC[C@@H]3[C@@H]2CC[C@]2(C)[C@@H](C(=O)Cn4cc(C#N)cn4)CC[C@@H]32)C1. The lowest BCUT2D eigenvalue weighted by atomic mass is 9.49. The van der Waals surface area contributed by atoms with Crippen LogP contribution in [-0.4, -0.2) is 58.3 Å². The molecule has 0 N–H and O–H groups in total. The van der Waals surface area contributed by atoms with Crippen LogP contribution in [0.4, 0.5) is 4.79 Å². The van der Waals surface area contributed by atoms with Crippen molar-refractivity contribution in [1.82, 2.24) is 14.7 Å². The van der Waals surface area contributed by atoms with Crippen LogP contribution in [0.3, 0.4) is 0 Å². The summed E-state index contributed by atoms with van der Waals surface area (Å²) < 4.78 is 12.9. The van der Waals surface area contributed by atoms with Crippen molar-refractivity contribution < 1.29 is 23.9 Å². The van der Waals surface area contributed by atoms with Gasteiger partial charge in [0.05, 0.1) is 30.8 Å². The number of carbonyl (C=O) groups excluding carboxylic acids is 3. The molecular formula is C33H48N4O5. The molecule has 0 unspecified atom stereocenters. The third kappa shape index (κ3) is 5.96. The predicted octanol–water partition coefficient (Wildman–Crippen LogP) is 5.62. The van der Waals surface area contributed by atoms with Crippen molar-refractivity contribution in [2.24, 2.45) is 46.8 Å². The summed E-state index contributed by atoms with van der Waals surface area (Å²) in [6, 6.07) is 2.09. The first-order chi connectivity index (χ1) is 19.9. The van der Waals surface area contributed by atoms with Crippen LogP contribution in [0.5, 0.6) is 0 Å². The second-order valence-corrected chi connectivity index (χ2v) is 14.4. The molecule has 230 valence electrons. The molecule has 5 rings (SSSR count). The molecular weight excluding hydrogens is 532 g/mol. The summed E-state index contributed by atoms with van der Waals surface area (Å²) in [5.74, 6) is 3.06. The van der Waals surface area contributed by atoms with Crippen LogP contribution < -0.4 is 0 Å². The molecule has 4 aliphatic carbocycles. The Morgan fingerprint density at radius 2 is 1.86 bits per heavy atom. The third-order valence-corrected chi connectivity index (χ3v) is 11.5. The van der Waals surface area contributed by atoms with Gasteiger partial charge in [0.1, 0.15) is 18.3 Å². The number of amides is 1. The Kier molecular flexibility index (Phi) is 8.74. The first-order valence-electron chi connectivity index (χ1n) is 16.0. The van der Waals surface area contributed by atoms with E-state index in [1.54, 1.807) is 31.8 Å². The van der Waals surface area contributed by atoms with E-state index in [2.05, 4.69) is 25.0 Å². The minimum atomic E-state index is -0.472. The highest BCUT2D eigenvalue weighted by atomic mass is 16.6. The molecule has 4 aliphatic rings. The van der Waals surface area contributed by atoms with Crippen LogP contribution in [0.25, 0.3) is 0 Å². The maximum Gasteiger partial charge on any atom is 0.410 e. The fourth-order valence-electron chi connectivity index (χ4n) is 9.29. The van der Waals surface area contributed by atoms with Gasteiger partial charge in [0.15, 0.2) is 5.78 Å². The van der Waals surface area contributed by atoms with Crippen molar-refractivity contribution >= 4 is 17.8 Å². The van der Waals surface area contributed by atoms with Gasteiger partial charge >= 0.3 is 12.1 Å². The standard InChI is InChI=1S/C33H48N4O5/c1-21(2)30(39)41-15-14-36(5)31(40)42-32(3)12-10-24-23(16-32)6-7-26-25(24)11-13-33(4)27(26)8-9-28(33)29(38)20-37-19-22(17-34)18-35-37/h18-19,21,23-28H,6-16,20H2,1-5H3/t23-,24+,25-,26-,27+,28-,32-,33+/m1/s1. The number of ether oxygens (including phenoxy) is 2. The van der Waals surface area contributed by atoms with E-state index in [-0.39, 0.29) is 48.2 Å². The number of esters is 1. The first-order valence-corrected chi connectivity index (χ1v) is 16.0. The topological polar surface area (TPSA) is 115 Å². The molecule has 0 aliphatic heterocycles. The number of hydrogen-bond acceptors (Lipinski definition) is 7. The van der Waals surface area contributed by atoms with E-state index in [0.29, 0.717) is 41.7 Å². The molecule has 0 aromatic carbocycles. The number of nitrogens with zero attached hydrogens (tertiary/aromatic N) is 4. The lowest BCUT2D eigenvalue weighted by Gasteiger charge is -2.57. The number of rotatable bonds is 8. The Hall–Kier alpha value is -2.89. The molecule has 9 heteroatoms. The largest absolute Gasteiger partial charge is 0.464 e. The molecule has 8 atom stereocenters. The zero-order valence-electron chi connectivity index (χ0n) is 26.0. The van der Waals surface area contributed by atoms with E-state index in [1.165, 1.54) is 23.9 Å². The monoisotopic (exact) mass is 580 g/mol. The zero-order valence-corrected chi connectivity index (χ0v) is 26.0. The van der Waals surface area contributed by atoms with Crippen LogP contribution in [0.1, 0.15) is 91.0 Å². The second kappa shape index (κ2) is 12.0. The van der Waals surface area contributed by atoms with Gasteiger partial charge in [-0.1, -0.05) is 20.8 Å². The van der Waals surface area contributed by atoms with Crippen molar-refractivity contribution in [1.29, 1.82) is 5.26 Å². The van der Waals surface area contributed by atoms with E-state index in [9.17, 15) is 14.4 Å². The molecule has 0 radical (unpaired) electrons. The van der Waals surface area contributed by atoms with Gasteiger partial charge in [-0.25, -0.2) is 4.79 Å². The number of fused-ring (bicyclic) bond motifs is 5. The van der Waals surface area contributed by atoms with E-state index in [1.807, 2.05) is 0 Å². The molecule has 9 nitrogen and oxygen atoms in total. The highest BCUT2D eigenvalue weighted by molar-refractivity contribution is 5.82. The van der Waals surface area contributed by atoms with Gasteiger partial charge in [0.25, 0.3) is 0 Å². The molecule has 1 heterocycles. The normalized spacial score (nSPS) is 35.4. The number of Topliss-reactive ketones (excluding diaryl/α,β-unsaturated/α-hetero) is 1. The quantitative estimate of drug-likeness (QED) is 0.367. The van der Waals surface area contributed by atoms with Gasteiger partial charge in [-0.2, -0.15) is 10.4 Å². The zero-order chi connectivity index (χ0) is 30.2. The molecule has 4 saturated carbocycles. The molecule has 42 heavy (non-hydrogen) atoms. The van der Waals surface area contributed by atoms with Gasteiger partial charge in [0.2, 0.25) is 0 Å². The third-order valence-electron chi connectivity index (χ3n) is 11.5.